The predicted octanol–water partition coefficient (Wildman–Crippen LogP) is 0.117. The molecule has 1 unspecified atom stereocenters. The van der Waals surface area contributed by atoms with Crippen molar-refractivity contribution in [3.63, 3.8) is 0 Å². The standard InChI is InChI=1S/C13H15N3O4/c14-11(17)9-2-1-5-16(7-9)12(18)8-3-4-10(13(19)20)15-6-8/h3-4,6,9H,1-2,5,7H2,(H2,14,17)(H,19,20). The van der Waals surface area contributed by atoms with Gasteiger partial charge in [0, 0.05) is 19.3 Å². The first-order chi connectivity index (χ1) is 9.49. The van der Waals surface area contributed by atoms with Crippen molar-refractivity contribution in [2.24, 2.45) is 11.7 Å². The summed E-state index contributed by atoms with van der Waals surface area (Å²) >= 11 is 0. The van der Waals surface area contributed by atoms with Crippen LogP contribution < -0.4 is 5.73 Å². The van der Waals surface area contributed by atoms with Crippen molar-refractivity contribution in [3.05, 3.63) is 29.6 Å². The number of aromatic carboxylic acids is 1. The fourth-order valence-electron chi connectivity index (χ4n) is 2.22. The molecule has 20 heavy (non-hydrogen) atoms. The molecule has 0 aliphatic carbocycles. The monoisotopic (exact) mass is 277 g/mol. The molecule has 0 spiro atoms. The maximum absolute atomic E-state index is 12.2. The van der Waals surface area contributed by atoms with E-state index in [0.717, 1.165) is 6.42 Å². The first kappa shape index (κ1) is 14.0. The number of carboxylic acids is 1. The number of hydrogen-bond acceptors (Lipinski definition) is 4. The average molecular weight is 277 g/mol. The summed E-state index contributed by atoms with van der Waals surface area (Å²) in [5, 5.41) is 8.75. The Morgan fingerprint density at radius 2 is 2.10 bits per heavy atom. The summed E-state index contributed by atoms with van der Waals surface area (Å²) in [4.78, 5) is 39.4. The second kappa shape index (κ2) is 5.68. The number of hydrogen-bond donors (Lipinski definition) is 2. The van der Waals surface area contributed by atoms with Crippen LogP contribution in [0, 0.1) is 5.92 Å². The van der Waals surface area contributed by atoms with Crippen molar-refractivity contribution >= 4 is 17.8 Å². The van der Waals surface area contributed by atoms with E-state index >= 15 is 0 Å². The third-order valence-corrected chi connectivity index (χ3v) is 3.34. The Hall–Kier alpha value is -2.44. The Morgan fingerprint density at radius 1 is 1.35 bits per heavy atom. The van der Waals surface area contributed by atoms with E-state index < -0.39 is 11.9 Å². The van der Waals surface area contributed by atoms with Gasteiger partial charge in [0.15, 0.2) is 0 Å². The highest BCUT2D eigenvalue weighted by molar-refractivity contribution is 5.95. The Morgan fingerprint density at radius 3 is 2.65 bits per heavy atom. The van der Waals surface area contributed by atoms with E-state index in [9.17, 15) is 14.4 Å². The smallest absolute Gasteiger partial charge is 0.354 e. The number of piperidine rings is 1. The molecule has 1 saturated heterocycles. The fraction of sp³-hybridized carbons (Fsp3) is 0.385. The number of aromatic nitrogens is 1. The highest BCUT2D eigenvalue weighted by atomic mass is 16.4. The summed E-state index contributed by atoms with van der Waals surface area (Å²) in [6.45, 7) is 0.859. The predicted molar refractivity (Wildman–Crippen MR) is 69.0 cm³/mol. The molecule has 3 N–H and O–H groups in total. The SMILES string of the molecule is NC(=O)C1CCCN(C(=O)c2ccc(C(=O)O)nc2)C1. The molecule has 0 bridgehead atoms. The third kappa shape index (κ3) is 2.93. The van der Waals surface area contributed by atoms with Gasteiger partial charge < -0.3 is 15.7 Å². The topological polar surface area (TPSA) is 114 Å². The number of rotatable bonds is 3. The summed E-state index contributed by atoms with van der Waals surface area (Å²) in [6, 6.07) is 2.71. The van der Waals surface area contributed by atoms with Gasteiger partial charge in [-0.3, -0.25) is 9.59 Å². The molecular formula is C13H15N3O4. The Balaban J connectivity index is 2.10. The largest absolute Gasteiger partial charge is 0.477 e. The van der Waals surface area contributed by atoms with E-state index in [-0.39, 0.29) is 17.5 Å². The van der Waals surface area contributed by atoms with Gasteiger partial charge in [0.1, 0.15) is 5.69 Å². The van der Waals surface area contributed by atoms with Crippen molar-refractivity contribution in [2.45, 2.75) is 12.8 Å². The van der Waals surface area contributed by atoms with Crippen LogP contribution in [0.1, 0.15) is 33.7 Å². The Kier molecular flexibility index (Phi) is 3.97. The van der Waals surface area contributed by atoms with Crippen LogP contribution in [-0.2, 0) is 4.79 Å². The minimum absolute atomic E-state index is 0.116. The molecule has 0 radical (unpaired) electrons. The second-order valence-electron chi connectivity index (χ2n) is 4.73. The van der Waals surface area contributed by atoms with E-state index in [4.69, 9.17) is 10.8 Å². The molecule has 1 aliphatic heterocycles. The highest BCUT2D eigenvalue weighted by Gasteiger charge is 2.27. The number of carbonyl (C=O) groups excluding carboxylic acids is 2. The van der Waals surface area contributed by atoms with Gasteiger partial charge in [-0.05, 0) is 25.0 Å². The number of pyridine rings is 1. The van der Waals surface area contributed by atoms with Crippen LogP contribution >= 0.6 is 0 Å². The fourth-order valence-corrected chi connectivity index (χ4v) is 2.22. The van der Waals surface area contributed by atoms with Gasteiger partial charge >= 0.3 is 5.97 Å². The zero-order valence-corrected chi connectivity index (χ0v) is 10.8. The van der Waals surface area contributed by atoms with Crippen LogP contribution in [0.5, 0.6) is 0 Å². The molecule has 2 amide bonds. The minimum Gasteiger partial charge on any atom is -0.477 e. The van der Waals surface area contributed by atoms with Crippen molar-refractivity contribution in [1.29, 1.82) is 0 Å². The molecule has 1 aliphatic rings. The van der Waals surface area contributed by atoms with Crippen molar-refractivity contribution in [1.82, 2.24) is 9.88 Å². The van der Waals surface area contributed by atoms with E-state index in [1.54, 1.807) is 4.90 Å². The van der Waals surface area contributed by atoms with Crippen LogP contribution in [0.2, 0.25) is 0 Å². The summed E-state index contributed by atoms with van der Waals surface area (Å²) in [5.74, 6) is -2.13. The number of primary amides is 1. The van der Waals surface area contributed by atoms with Crippen LogP contribution in [0.15, 0.2) is 18.3 Å². The highest BCUT2D eigenvalue weighted by Crippen LogP contribution is 2.18. The number of likely N-dealkylation sites (tertiary alicyclic amines) is 1. The lowest BCUT2D eigenvalue weighted by Gasteiger charge is -2.31. The van der Waals surface area contributed by atoms with Crippen LogP contribution in [0.25, 0.3) is 0 Å². The van der Waals surface area contributed by atoms with E-state index in [1.807, 2.05) is 0 Å². The Labute approximate surface area is 115 Å². The zero-order valence-electron chi connectivity index (χ0n) is 10.8. The molecule has 2 heterocycles. The minimum atomic E-state index is -1.14. The van der Waals surface area contributed by atoms with Gasteiger partial charge in [0.2, 0.25) is 5.91 Å². The molecule has 1 fully saturated rings. The van der Waals surface area contributed by atoms with Gasteiger partial charge in [-0.2, -0.15) is 0 Å². The third-order valence-electron chi connectivity index (χ3n) is 3.34. The van der Waals surface area contributed by atoms with Crippen molar-refractivity contribution in [3.8, 4) is 0 Å². The lowest BCUT2D eigenvalue weighted by Crippen LogP contribution is -2.44. The quantitative estimate of drug-likeness (QED) is 0.814. The van der Waals surface area contributed by atoms with Crippen LogP contribution in [0.4, 0.5) is 0 Å². The number of carbonyl (C=O) groups is 3. The maximum Gasteiger partial charge on any atom is 0.354 e. The summed E-state index contributed by atoms with van der Waals surface area (Å²) < 4.78 is 0. The molecule has 106 valence electrons. The maximum atomic E-state index is 12.2. The molecule has 7 nitrogen and oxygen atoms in total. The lowest BCUT2D eigenvalue weighted by molar-refractivity contribution is -0.123. The summed E-state index contributed by atoms with van der Waals surface area (Å²) in [6.07, 6.45) is 2.65. The number of amides is 2. The van der Waals surface area contributed by atoms with Gasteiger partial charge in [0.25, 0.3) is 5.91 Å². The molecule has 7 heteroatoms. The second-order valence-corrected chi connectivity index (χ2v) is 4.73. The van der Waals surface area contributed by atoms with E-state index in [0.29, 0.717) is 25.1 Å². The van der Waals surface area contributed by atoms with Crippen LogP contribution in [-0.4, -0.2) is 45.9 Å². The molecule has 1 atom stereocenters. The molecule has 0 aromatic carbocycles. The molecule has 2 rings (SSSR count). The lowest BCUT2D eigenvalue weighted by atomic mass is 9.97. The number of nitrogens with zero attached hydrogens (tertiary/aromatic N) is 2. The van der Waals surface area contributed by atoms with Crippen molar-refractivity contribution < 1.29 is 19.5 Å². The first-order valence-electron chi connectivity index (χ1n) is 6.27. The average Bonchev–Trinajstić information content (AvgIpc) is 2.46. The van der Waals surface area contributed by atoms with Crippen LogP contribution in [0.3, 0.4) is 0 Å². The Bertz CT molecular complexity index is 541. The van der Waals surface area contributed by atoms with Gasteiger partial charge in [-0.1, -0.05) is 0 Å². The molecular weight excluding hydrogens is 262 g/mol. The number of nitrogens with two attached hydrogens (primary N) is 1. The van der Waals surface area contributed by atoms with E-state index in [1.165, 1.54) is 18.3 Å². The first-order valence-corrected chi connectivity index (χ1v) is 6.27. The molecule has 0 saturated carbocycles. The van der Waals surface area contributed by atoms with Gasteiger partial charge in [-0.25, -0.2) is 9.78 Å². The summed E-state index contributed by atoms with van der Waals surface area (Å²) in [5.41, 5.74) is 5.46. The molecule has 1 aromatic heterocycles. The zero-order chi connectivity index (χ0) is 14.7. The molecule has 1 aromatic rings. The normalized spacial score (nSPS) is 18.6. The van der Waals surface area contributed by atoms with Crippen molar-refractivity contribution in [2.75, 3.05) is 13.1 Å². The number of carboxylic acid groups (broad SMARTS) is 1. The van der Waals surface area contributed by atoms with E-state index in [2.05, 4.69) is 4.98 Å². The summed E-state index contributed by atoms with van der Waals surface area (Å²) in [7, 11) is 0. The van der Waals surface area contributed by atoms with Gasteiger partial charge in [-0.15, -0.1) is 0 Å². The van der Waals surface area contributed by atoms with Gasteiger partial charge in [0.05, 0.1) is 11.5 Å².